The number of carbonyl (C=O) groups excluding carboxylic acids is 1. The second-order valence-electron chi connectivity index (χ2n) is 12.0. The summed E-state index contributed by atoms with van der Waals surface area (Å²) in [7, 11) is 0. The molecular weight excluding hydrogens is 483 g/mol. The number of benzene rings is 1. The van der Waals surface area contributed by atoms with Crippen LogP contribution < -0.4 is 5.32 Å². The van der Waals surface area contributed by atoms with Crippen LogP contribution in [0.2, 0.25) is 0 Å². The summed E-state index contributed by atoms with van der Waals surface area (Å²) in [6, 6.07) is 6.69. The molecule has 0 unspecified atom stereocenters. The Morgan fingerprint density at radius 1 is 1.24 bits per heavy atom. The van der Waals surface area contributed by atoms with Crippen molar-refractivity contribution in [2.45, 2.75) is 104 Å². The third-order valence-electron chi connectivity index (χ3n) is 6.61. The van der Waals surface area contributed by atoms with Gasteiger partial charge < -0.3 is 19.5 Å². The van der Waals surface area contributed by atoms with Crippen molar-refractivity contribution in [2.24, 2.45) is 0 Å². The zero-order valence-corrected chi connectivity index (χ0v) is 23.7. The van der Waals surface area contributed by atoms with E-state index in [0.29, 0.717) is 6.42 Å². The largest absolute Gasteiger partial charge is 0.460 e. The molecule has 38 heavy (non-hydrogen) atoms. The van der Waals surface area contributed by atoms with E-state index in [2.05, 4.69) is 25.2 Å². The van der Waals surface area contributed by atoms with Crippen LogP contribution in [0.5, 0.6) is 0 Å². The number of carbonyl (C=O) groups is 1. The minimum absolute atomic E-state index is 0.165. The van der Waals surface area contributed by atoms with E-state index in [4.69, 9.17) is 19.2 Å². The van der Waals surface area contributed by atoms with Gasteiger partial charge >= 0.3 is 5.97 Å². The molecule has 0 saturated carbocycles. The predicted octanol–water partition coefficient (Wildman–Crippen LogP) is 7.02. The molecule has 2 aromatic rings. The maximum atomic E-state index is 13.8. The van der Waals surface area contributed by atoms with Crippen LogP contribution in [0.1, 0.15) is 90.5 Å². The van der Waals surface area contributed by atoms with Crippen LogP contribution in [-0.4, -0.2) is 41.1 Å². The van der Waals surface area contributed by atoms with E-state index >= 15 is 0 Å². The molecule has 1 N–H and O–H groups in total. The van der Waals surface area contributed by atoms with Crippen molar-refractivity contribution in [3.05, 3.63) is 53.0 Å². The number of anilines is 1. The summed E-state index contributed by atoms with van der Waals surface area (Å²) in [5, 5.41) is 3.47. The molecule has 0 radical (unpaired) electrons. The highest BCUT2D eigenvalue weighted by Crippen LogP contribution is 2.39. The average Bonchev–Trinajstić information content (AvgIpc) is 2.80. The van der Waals surface area contributed by atoms with Crippen LogP contribution in [-0.2, 0) is 25.4 Å². The first kappa shape index (κ1) is 28.2. The van der Waals surface area contributed by atoms with Crippen LogP contribution in [0.3, 0.4) is 0 Å². The summed E-state index contributed by atoms with van der Waals surface area (Å²) in [6.07, 6.45) is 6.16. The van der Waals surface area contributed by atoms with Crippen LogP contribution in [0.15, 0.2) is 30.3 Å². The number of halogens is 1. The van der Waals surface area contributed by atoms with E-state index in [-0.39, 0.29) is 36.3 Å². The smallest absolute Gasteiger partial charge is 0.308 e. The number of ether oxygens (including phenoxy) is 3. The van der Waals surface area contributed by atoms with Crippen molar-refractivity contribution < 1.29 is 23.4 Å². The molecule has 2 aliphatic heterocycles. The van der Waals surface area contributed by atoms with Gasteiger partial charge in [0.25, 0.3) is 0 Å². The lowest BCUT2D eigenvalue weighted by Gasteiger charge is -2.40. The van der Waals surface area contributed by atoms with Gasteiger partial charge in [-0.1, -0.05) is 38.1 Å². The second kappa shape index (κ2) is 11.1. The molecule has 2 aliphatic rings. The van der Waals surface area contributed by atoms with E-state index in [1.54, 1.807) is 0 Å². The number of esters is 1. The van der Waals surface area contributed by atoms with E-state index in [1.165, 1.54) is 12.1 Å². The quantitative estimate of drug-likeness (QED) is 0.409. The lowest BCUT2D eigenvalue weighted by atomic mass is 9.87. The van der Waals surface area contributed by atoms with Gasteiger partial charge in [-0.3, -0.25) is 4.79 Å². The number of fused-ring (bicyclic) bond motifs is 1. The van der Waals surface area contributed by atoms with E-state index in [1.807, 2.05) is 52.8 Å². The summed E-state index contributed by atoms with van der Waals surface area (Å²) in [6.45, 7) is 14.5. The first-order valence-electron chi connectivity index (χ1n) is 13.6. The molecule has 0 bridgehead atoms. The maximum absolute atomic E-state index is 13.8. The van der Waals surface area contributed by atoms with Gasteiger partial charge in [0.2, 0.25) is 0 Å². The molecule has 3 heterocycles. The van der Waals surface area contributed by atoms with E-state index in [9.17, 15) is 9.18 Å². The third kappa shape index (κ3) is 7.00. The first-order chi connectivity index (χ1) is 17.8. The second-order valence-corrected chi connectivity index (χ2v) is 12.0. The fourth-order valence-corrected chi connectivity index (χ4v) is 5.24. The molecule has 1 fully saturated rings. The van der Waals surface area contributed by atoms with E-state index < -0.39 is 11.4 Å². The Labute approximate surface area is 226 Å². The molecule has 206 valence electrons. The van der Waals surface area contributed by atoms with Crippen molar-refractivity contribution >= 4 is 17.9 Å². The Morgan fingerprint density at radius 2 is 1.95 bits per heavy atom. The lowest BCUT2D eigenvalue weighted by molar-refractivity contribution is -0.290. The fraction of sp³-hybridized carbons (Fsp3) is 0.548. The van der Waals surface area contributed by atoms with Gasteiger partial charge in [0.05, 0.1) is 24.3 Å². The van der Waals surface area contributed by atoms with Gasteiger partial charge in [0.1, 0.15) is 17.2 Å². The van der Waals surface area contributed by atoms with Crippen LogP contribution in [0, 0.1) is 5.82 Å². The van der Waals surface area contributed by atoms with Gasteiger partial charge in [0, 0.05) is 24.1 Å². The Hall–Kier alpha value is -2.77. The number of pyridine rings is 1. The summed E-state index contributed by atoms with van der Waals surface area (Å²) >= 11 is 0. The number of nitrogens with one attached hydrogen (secondary N) is 1. The molecule has 0 spiro atoms. The molecular formula is C31H41FN2O4. The van der Waals surface area contributed by atoms with Crippen molar-refractivity contribution in [3.63, 3.8) is 0 Å². The van der Waals surface area contributed by atoms with E-state index in [0.717, 1.165) is 53.2 Å². The van der Waals surface area contributed by atoms with Crippen molar-refractivity contribution in [3.8, 4) is 11.1 Å². The topological polar surface area (TPSA) is 69.7 Å². The monoisotopic (exact) mass is 524 g/mol. The fourth-order valence-electron chi connectivity index (χ4n) is 5.24. The number of hydrogen-bond acceptors (Lipinski definition) is 6. The molecule has 1 aromatic heterocycles. The minimum atomic E-state index is -0.849. The zero-order valence-electron chi connectivity index (χ0n) is 23.7. The highest BCUT2D eigenvalue weighted by molar-refractivity contribution is 5.83. The maximum Gasteiger partial charge on any atom is 0.308 e. The van der Waals surface area contributed by atoms with Crippen molar-refractivity contribution in [1.29, 1.82) is 0 Å². The van der Waals surface area contributed by atoms with Crippen LogP contribution in [0.4, 0.5) is 10.2 Å². The molecule has 0 aliphatic carbocycles. The molecule has 6 nitrogen and oxygen atoms in total. The van der Waals surface area contributed by atoms with Gasteiger partial charge in [-0.05, 0) is 76.6 Å². The minimum Gasteiger partial charge on any atom is -0.460 e. The predicted molar refractivity (Wildman–Crippen MR) is 148 cm³/mol. The average molecular weight is 525 g/mol. The Balaban J connectivity index is 1.70. The van der Waals surface area contributed by atoms with Gasteiger partial charge in [-0.15, -0.1) is 0 Å². The normalized spacial score (nSPS) is 21.3. The third-order valence-corrected chi connectivity index (χ3v) is 6.61. The summed E-state index contributed by atoms with van der Waals surface area (Å²) < 4.78 is 31.7. The first-order valence-corrected chi connectivity index (χ1v) is 13.6. The molecule has 7 heteroatoms. The zero-order chi connectivity index (χ0) is 27.7. The lowest BCUT2D eigenvalue weighted by Crippen LogP contribution is -2.45. The highest BCUT2D eigenvalue weighted by Gasteiger charge is 2.36. The molecule has 1 aromatic carbocycles. The van der Waals surface area contributed by atoms with Crippen LogP contribution in [0.25, 0.3) is 17.2 Å². The highest BCUT2D eigenvalue weighted by atomic mass is 19.1. The SMILES string of the molecule is CC(C)c1nc2c(c(-c3ccc(F)cc3)c1C=C[C@@H]1C[C@H](CC(=O)OC(C)(C)C)OC(C)(C)O1)CCCN2. The number of aromatic nitrogens is 1. The Kier molecular flexibility index (Phi) is 8.29. The van der Waals surface area contributed by atoms with Crippen LogP contribution >= 0.6 is 0 Å². The van der Waals surface area contributed by atoms with Crippen molar-refractivity contribution in [2.75, 3.05) is 11.9 Å². The molecule has 2 atom stereocenters. The molecule has 1 saturated heterocycles. The number of nitrogens with zero attached hydrogens (tertiary/aromatic N) is 1. The number of hydrogen-bond donors (Lipinski definition) is 1. The summed E-state index contributed by atoms with van der Waals surface area (Å²) in [4.78, 5) is 17.5. The van der Waals surface area contributed by atoms with Crippen molar-refractivity contribution in [1.82, 2.24) is 4.98 Å². The molecule has 0 amide bonds. The van der Waals surface area contributed by atoms with Gasteiger partial charge in [-0.2, -0.15) is 0 Å². The molecule has 4 rings (SSSR count). The standard InChI is InChI=1S/C31H41FN2O4/c1-19(2)28-24(27(20-10-12-21(32)13-11-20)25-9-8-16-33-29(25)34-28)15-14-22-17-23(37-31(6,7)36-22)18-26(35)38-30(3,4)5/h10-15,19,22-23H,8-9,16-18H2,1-7H3,(H,33,34)/t22-,23-/m1/s1. The van der Waals surface area contributed by atoms with Gasteiger partial charge in [-0.25, -0.2) is 9.37 Å². The Bertz CT molecular complexity index is 1180. The Morgan fingerprint density at radius 3 is 2.61 bits per heavy atom. The number of rotatable bonds is 6. The summed E-state index contributed by atoms with van der Waals surface area (Å²) in [5.74, 6) is -0.300. The summed E-state index contributed by atoms with van der Waals surface area (Å²) in [5.41, 5.74) is 4.65. The van der Waals surface area contributed by atoms with Gasteiger partial charge in [0.15, 0.2) is 5.79 Å².